The second-order valence-electron chi connectivity index (χ2n) is 8.95. The number of fused-ring (bicyclic) bond motifs is 1. The number of benzene rings is 3. The van der Waals surface area contributed by atoms with E-state index in [0.717, 1.165) is 16.0 Å². The number of hydrogen-bond donors (Lipinski definition) is 0. The molecule has 36 heavy (non-hydrogen) atoms. The Morgan fingerprint density at radius 1 is 0.861 bits per heavy atom. The first kappa shape index (κ1) is 25.0. The lowest BCUT2D eigenvalue weighted by Gasteiger charge is -2.50. The molecule has 0 amide bonds. The summed E-state index contributed by atoms with van der Waals surface area (Å²) in [4.78, 5) is 1.07. The summed E-state index contributed by atoms with van der Waals surface area (Å²) >= 11 is 1.59. The van der Waals surface area contributed by atoms with Crippen molar-refractivity contribution in [1.82, 2.24) is 0 Å². The molecule has 186 valence electrons. The van der Waals surface area contributed by atoms with E-state index in [1.165, 1.54) is 0 Å². The third-order valence-electron chi connectivity index (χ3n) is 6.24. The Kier molecular flexibility index (Phi) is 8.02. The molecule has 2 saturated heterocycles. The summed E-state index contributed by atoms with van der Waals surface area (Å²) in [5.74, 6) is -1.37. The second-order valence-corrected chi connectivity index (χ2v) is 10.1. The van der Waals surface area contributed by atoms with E-state index >= 15 is 0 Å². The van der Waals surface area contributed by atoms with Gasteiger partial charge in [0, 0.05) is 11.8 Å². The molecule has 5 rings (SSSR count). The van der Waals surface area contributed by atoms with E-state index in [2.05, 4.69) is 18.2 Å². The summed E-state index contributed by atoms with van der Waals surface area (Å²) in [5, 5.41) is 9.68. The predicted molar refractivity (Wildman–Crippen MR) is 136 cm³/mol. The van der Waals surface area contributed by atoms with Crippen LogP contribution in [0.3, 0.4) is 0 Å². The van der Waals surface area contributed by atoms with Gasteiger partial charge in [-0.25, -0.2) is 0 Å². The van der Waals surface area contributed by atoms with Crippen molar-refractivity contribution < 1.29 is 23.7 Å². The van der Waals surface area contributed by atoms with E-state index in [9.17, 15) is 5.26 Å². The Balaban J connectivity index is 1.44. The van der Waals surface area contributed by atoms with E-state index in [0.29, 0.717) is 13.2 Å². The van der Waals surface area contributed by atoms with Crippen LogP contribution in [0.5, 0.6) is 0 Å². The lowest BCUT2D eigenvalue weighted by atomic mass is 9.97. The van der Waals surface area contributed by atoms with Crippen molar-refractivity contribution in [2.75, 3.05) is 6.61 Å². The van der Waals surface area contributed by atoms with Gasteiger partial charge in [0.15, 0.2) is 0 Å². The number of ether oxygens (including phenoxy) is 5. The lowest BCUT2D eigenvalue weighted by Crippen LogP contribution is -2.65. The molecule has 2 heterocycles. The van der Waals surface area contributed by atoms with Gasteiger partial charge in [-0.15, -0.1) is 0 Å². The highest BCUT2D eigenvalue weighted by atomic mass is 32.2. The van der Waals surface area contributed by atoms with Crippen LogP contribution in [0.1, 0.15) is 18.1 Å². The Bertz CT molecular complexity index is 1140. The van der Waals surface area contributed by atoms with E-state index in [1.54, 1.807) is 18.7 Å². The highest BCUT2D eigenvalue weighted by Crippen LogP contribution is 2.41. The molecule has 0 aliphatic carbocycles. The molecule has 0 saturated carbocycles. The molecule has 7 heteroatoms. The molecule has 3 aromatic carbocycles. The van der Waals surface area contributed by atoms with Crippen LogP contribution in [-0.4, -0.2) is 42.2 Å². The summed E-state index contributed by atoms with van der Waals surface area (Å²) in [6, 6.07) is 32.3. The number of hydrogen-bond acceptors (Lipinski definition) is 7. The smallest absolute Gasteiger partial charge is 0.256 e. The van der Waals surface area contributed by atoms with Gasteiger partial charge < -0.3 is 23.7 Å². The highest BCUT2D eigenvalue weighted by Gasteiger charge is 2.54. The summed E-state index contributed by atoms with van der Waals surface area (Å²) in [5.41, 5.74) is 1.74. The predicted octanol–water partition coefficient (Wildman–Crippen LogP) is 5.33. The average molecular weight is 504 g/mol. The van der Waals surface area contributed by atoms with Crippen LogP contribution < -0.4 is 0 Å². The maximum absolute atomic E-state index is 9.68. The number of nitriles is 1. The minimum absolute atomic E-state index is 0.233. The summed E-state index contributed by atoms with van der Waals surface area (Å²) < 4.78 is 31.5. The maximum Gasteiger partial charge on any atom is 0.256 e. The molecule has 2 aliphatic rings. The van der Waals surface area contributed by atoms with Gasteiger partial charge in [-0.05, 0) is 23.3 Å². The third kappa shape index (κ3) is 5.98. The fourth-order valence-electron chi connectivity index (χ4n) is 4.38. The van der Waals surface area contributed by atoms with Gasteiger partial charge in [0.1, 0.15) is 35.9 Å². The summed E-state index contributed by atoms with van der Waals surface area (Å²) in [7, 11) is 0. The minimum Gasteiger partial charge on any atom is -0.368 e. The Hall–Kier alpha value is -2.70. The Morgan fingerprint density at radius 2 is 1.42 bits per heavy atom. The van der Waals surface area contributed by atoms with E-state index < -0.39 is 30.2 Å². The van der Waals surface area contributed by atoms with Crippen LogP contribution in [0, 0.1) is 11.3 Å². The average Bonchev–Trinajstić information content (AvgIpc) is 2.93. The van der Waals surface area contributed by atoms with Gasteiger partial charge in [0.2, 0.25) is 0 Å². The van der Waals surface area contributed by atoms with Crippen LogP contribution in [0.4, 0.5) is 0 Å². The first-order valence-electron chi connectivity index (χ1n) is 12.0. The number of thioether (sulfide) groups is 1. The first-order chi connectivity index (χ1) is 17.6. The van der Waals surface area contributed by atoms with Gasteiger partial charge in [-0.2, -0.15) is 5.26 Å². The zero-order valence-corrected chi connectivity index (χ0v) is 20.9. The molecule has 0 bridgehead atoms. The van der Waals surface area contributed by atoms with E-state index in [-0.39, 0.29) is 12.0 Å². The van der Waals surface area contributed by atoms with Crippen molar-refractivity contribution in [2.24, 2.45) is 0 Å². The molecule has 6 nitrogen and oxygen atoms in total. The first-order valence-corrected chi connectivity index (χ1v) is 12.9. The van der Waals surface area contributed by atoms with Gasteiger partial charge in [0.05, 0.1) is 19.8 Å². The standard InChI is InChI=1S/C29H29NO5S/c1-29(20-30)33-19-24-25(35-29)26(31-17-21-11-5-2-6-12-21)27(32-18-22-13-7-3-8-14-22)28(34-24)36-23-15-9-4-10-16-23/h2-16,24-28H,17-19H2,1H3/t24-,25-,26+,27+,28-,29+/m1/s1. The molecule has 0 spiro atoms. The number of nitrogens with zero attached hydrogens (tertiary/aromatic N) is 1. The summed E-state index contributed by atoms with van der Waals surface area (Å²) in [6.45, 7) is 2.64. The molecule has 6 atom stereocenters. The maximum atomic E-state index is 9.68. The zero-order valence-electron chi connectivity index (χ0n) is 20.1. The topological polar surface area (TPSA) is 69.9 Å². The third-order valence-corrected chi connectivity index (χ3v) is 7.40. The van der Waals surface area contributed by atoms with Crippen LogP contribution in [0.2, 0.25) is 0 Å². The van der Waals surface area contributed by atoms with Crippen molar-refractivity contribution in [3.8, 4) is 6.07 Å². The highest BCUT2D eigenvalue weighted by molar-refractivity contribution is 7.99. The SMILES string of the molecule is C[C@]1(C#N)OC[C@H]2O[C@H](Sc3ccccc3)[C@@H](OCc3ccccc3)[C@@H](OCc3ccccc3)[C@@H]2O1. The van der Waals surface area contributed by atoms with Gasteiger partial charge >= 0.3 is 0 Å². The molecular weight excluding hydrogens is 474 g/mol. The molecule has 0 unspecified atom stereocenters. The van der Waals surface area contributed by atoms with Crippen molar-refractivity contribution in [1.29, 1.82) is 5.26 Å². The van der Waals surface area contributed by atoms with Gasteiger partial charge in [-0.3, -0.25) is 0 Å². The van der Waals surface area contributed by atoms with Crippen molar-refractivity contribution in [2.45, 2.75) is 60.7 Å². The molecule has 0 aromatic heterocycles. The van der Waals surface area contributed by atoms with Crippen molar-refractivity contribution in [3.63, 3.8) is 0 Å². The largest absolute Gasteiger partial charge is 0.368 e. The van der Waals surface area contributed by atoms with Crippen molar-refractivity contribution in [3.05, 3.63) is 102 Å². The second kappa shape index (κ2) is 11.6. The molecule has 0 radical (unpaired) electrons. The lowest BCUT2D eigenvalue weighted by molar-refractivity contribution is -0.345. The normalized spacial score (nSPS) is 29.7. The molecule has 2 aliphatic heterocycles. The summed E-state index contributed by atoms with van der Waals surface area (Å²) in [6.07, 6.45) is -1.86. The van der Waals surface area contributed by atoms with Crippen LogP contribution in [0.25, 0.3) is 0 Å². The Morgan fingerprint density at radius 3 is 2.00 bits per heavy atom. The van der Waals surface area contributed by atoms with E-state index in [1.807, 2.05) is 78.9 Å². The monoisotopic (exact) mass is 503 g/mol. The van der Waals surface area contributed by atoms with Gasteiger partial charge in [-0.1, -0.05) is 90.6 Å². The zero-order chi connectivity index (χ0) is 24.8. The minimum atomic E-state index is -1.37. The number of rotatable bonds is 8. The van der Waals surface area contributed by atoms with Crippen LogP contribution in [-0.2, 0) is 36.9 Å². The van der Waals surface area contributed by atoms with Crippen LogP contribution in [0.15, 0.2) is 95.9 Å². The molecule has 0 N–H and O–H groups in total. The molecular formula is C29H29NO5S. The fourth-order valence-corrected chi connectivity index (χ4v) is 5.52. The quantitative estimate of drug-likeness (QED) is 0.412. The Labute approximate surface area is 216 Å². The van der Waals surface area contributed by atoms with Crippen molar-refractivity contribution >= 4 is 11.8 Å². The van der Waals surface area contributed by atoms with Crippen LogP contribution >= 0.6 is 11.8 Å². The fraction of sp³-hybridized carbons (Fsp3) is 0.345. The van der Waals surface area contributed by atoms with Gasteiger partial charge in [0.25, 0.3) is 5.79 Å². The molecule has 2 fully saturated rings. The van der Waals surface area contributed by atoms with E-state index in [4.69, 9.17) is 23.7 Å². The molecule has 3 aromatic rings.